The van der Waals surface area contributed by atoms with Crippen molar-refractivity contribution < 1.29 is 4.79 Å². The minimum Gasteiger partial charge on any atom is -0.399 e. The molecule has 0 aromatic heterocycles. The van der Waals surface area contributed by atoms with Crippen LogP contribution in [-0.2, 0) is 4.79 Å². The van der Waals surface area contributed by atoms with Gasteiger partial charge in [0, 0.05) is 12.2 Å². The summed E-state index contributed by atoms with van der Waals surface area (Å²) in [6, 6.07) is 7.86. The summed E-state index contributed by atoms with van der Waals surface area (Å²) in [6.45, 7) is 5.06. The number of rotatable bonds is 8. The second kappa shape index (κ2) is 8.29. The van der Waals surface area contributed by atoms with Gasteiger partial charge in [0.25, 0.3) is 0 Å². The van der Waals surface area contributed by atoms with Gasteiger partial charge in [0.15, 0.2) is 0 Å². The van der Waals surface area contributed by atoms with E-state index in [2.05, 4.69) is 12.2 Å². The van der Waals surface area contributed by atoms with Crippen molar-refractivity contribution in [3.05, 3.63) is 29.8 Å². The van der Waals surface area contributed by atoms with Crippen molar-refractivity contribution in [3.8, 4) is 0 Å². The van der Waals surface area contributed by atoms with Crippen LogP contribution in [0.1, 0.15) is 37.1 Å². The molecule has 3 N–H and O–H groups in total. The number of benzene rings is 1. The lowest BCUT2D eigenvalue weighted by Crippen LogP contribution is -2.31. The van der Waals surface area contributed by atoms with E-state index >= 15 is 0 Å². The predicted octanol–water partition coefficient (Wildman–Crippen LogP) is 2.62. The molecule has 1 fully saturated rings. The first kappa shape index (κ1) is 16.2. The summed E-state index contributed by atoms with van der Waals surface area (Å²) in [5.74, 6) is 0.827. The van der Waals surface area contributed by atoms with E-state index in [0.29, 0.717) is 5.75 Å². The van der Waals surface area contributed by atoms with E-state index in [9.17, 15) is 4.79 Å². The van der Waals surface area contributed by atoms with Crippen molar-refractivity contribution in [2.24, 2.45) is 0 Å². The number of amides is 1. The highest BCUT2D eigenvalue weighted by Crippen LogP contribution is 2.38. The molecule has 0 spiro atoms. The lowest BCUT2D eigenvalue weighted by atomic mass is 10.2. The minimum absolute atomic E-state index is 0.147. The van der Waals surface area contributed by atoms with Gasteiger partial charge in [0.1, 0.15) is 5.37 Å². The maximum absolute atomic E-state index is 12.1. The van der Waals surface area contributed by atoms with Crippen LogP contribution in [0.25, 0.3) is 0 Å². The molecule has 1 aromatic rings. The smallest absolute Gasteiger partial charge is 0.233 e. The Bertz CT molecular complexity index is 449. The fourth-order valence-electron chi connectivity index (χ4n) is 2.43. The molecule has 116 valence electrons. The zero-order valence-electron chi connectivity index (χ0n) is 12.7. The molecule has 0 saturated carbocycles. The van der Waals surface area contributed by atoms with Crippen molar-refractivity contribution in [2.45, 2.75) is 31.6 Å². The van der Waals surface area contributed by atoms with E-state index in [0.717, 1.165) is 31.7 Å². The van der Waals surface area contributed by atoms with Crippen LogP contribution < -0.4 is 11.1 Å². The first-order valence-corrected chi connectivity index (χ1v) is 8.74. The molecule has 0 radical (unpaired) electrons. The molecular formula is C16H25N3OS. The molecule has 0 bridgehead atoms. The number of carbonyl (C=O) groups excluding carboxylic acids is 1. The molecular weight excluding hydrogens is 282 g/mol. The number of carbonyl (C=O) groups is 1. The summed E-state index contributed by atoms with van der Waals surface area (Å²) in [7, 11) is 0. The van der Waals surface area contributed by atoms with Crippen molar-refractivity contribution in [1.82, 2.24) is 10.2 Å². The van der Waals surface area contributed by atoms with Gasteiger partial charge in [-0.1, -0.05) is 25.5 Å². The molecule has 2 rings (SSSR count). The molecule has 1 heterocycles. The maximum Gasteiger partial charge on any atom is 0.233 e. The zero-order valence-corrected chi connectivity index (χ0v) is 13.5. The highest BCUT2D eigenvalue weighted by Gasteiger charge is 2.32. The summed E-state index contributed by atoms with van der Waals surface area (Å²) in [4.78, 5) is 14.0. The number of hydrogen-bond donors (Lipinski definition) is 2. The number of anilines is 1. The summed E-state index contributed by atoms with van der Waals surface area (Å²) >= 11 is 1.70. The molecule has 1 atom stereocenters. The van der Waals surface area contributed by atoms with E-state index in [1.807, 2.05) is 29.2 Å². The van der Waals surface area contributed by atoms with Crippen molar-refractivity contribution in [3.63, 3.8) is 0 Å². The van der Waals surface area contributed by atoms with Gasteiger partial charge in [0.05, 0.1) is 5.75 Å². The quantitative estimate of drug-likeness (QED) is 0.572. The molecule has 4 nitrogen and oxygen atoms in total. The number of nitrogens with zero attached hydrogens (tertiary/aromatic N) is 1. The number of hydrogen-bond acceptors (Lipinski definition) is 4. The Kier molecular flexibility index (Phi) is 6.39. The van der Waals surface area contributed by atoms with E-state index in [1.54, 1.807) is 11.8 Å². The van der Waals surface area contributed by atoms with Gasteiger partial charge in [-0.05, 0) is 43.6 Å². The Morgan fingerprint density at radius 3 is 2.71 bits per heavy atom. The number of unbranched alkanes of at least 4 members (excludes halogenated alkanes) is 1. The summed E-state index contributed by atoms with van der Waals surface area (Å²) in [6.07, 6.45) is 3.43. The third-order valence-corrected chi connectivity index (χ3v) is 4.91. The first-order chi connectivity index (χ1) is 10.2. The van der Waals surface area contributed by atoms with Crippen molar-refractivity contribution in [1.29, 1.82) is 0 Å². The third-order valence-electron chi connectivity index (χ3n) is 3.65. The largest absolute Gasteiger partial charge is 0.399 e. The molecule has 5 heteroatoms. The second-order valence-corrected chi connectivity index (χ2v) is 6.44. The van der Waals surface area contributed by atoms with Crippen LogP contribution >= 0.6 is 11.8 Å². The Balaban J connectivity index is 1.84. The third kappa shape index (κ3) is 4.64. The van der Waals surface area contributed by atoms with E-state index in [1.165, 1.54) is 18.4 Å². The van der Waals surface area contributed by atoms with Crippen LogP contribution in [0.2, 0.25) is 0 Å². The topological polar surface area (TPSA) is 58.4 Å². The SMILES string of the molecule is CCCCNCCCN1C(=O)CSC1c1ccc(N)cc1. The van der Waals surface area contributed by atoms with Crippen LogP contribution in [0.4, 0.5) is 5.69 Å². The van der Waals surface area contributed by atoms with E-state index in [4.69, 9.17) is 5.73 Å². The normalized spacial score (nSPS) is 18.4. The summed E-state index contributed by atoms with van der Waals surface area (Å²) in [5.41, 5.74) is 7.66. The molecule has 1 saturated heterocycles. The van der Waals surface area contributed by atoms with Crippen LogP contribution in [-0.4, -0.2) is 36.2 Å². The van der Waals surface area contributed by atoms with Crippen LogP contribution in [0.15, 0.2) is 24.3 Å². The van der Waals surface area contributed by atoms with Gasteiger partial charge < -0.3 is 16.0 Å². The first-order valence-electron chi connectivity index (χ1n) is 7.69. The molecule has 1 unspecified atom stereocenters. The molecule has 0 aliphatic carbocycles. The second-order valence-electron chi connectivity index (χ2n) is 5.37. The Hall–Kier alpha value is -1.20. The van der Waals surface area contributed by atoms with Gasteiger partial charge in [-0.3, -0.25) is 4.79 Å². The molecule has 1 aliphatic heterocycles. The van der Waals surface area contributed by atoms with E-state index < -0.39 is 0 Å². The minimum atomic E-state index is 0.147. The number of nitrogens with two attached hydrogens (primary N) is 1. The highest BCUT2D eigenvalue weighted by molar-refractivity contribution is 8.00. The summed E-state index contributed by atoms with van der Waals surface area (Å²) < 4.78 is 0. The lowest BCUT2D eigenvalue weighted by Gasteiger charge is -2.24. The van der Waals surface area contributed by atoms with Crippen LogP contribution in [0.3, 0.4) is 0 Å². The average molecular weight is 307 g/mol. The number of nitrogen functional groups attached to an aromatic ring is 1. The summed E-state index contributed by atoms with van der Waals surface area (Å²) in [5, 5.41) is 3.57. The highest BCUT2D eigenvalue weighted by atomic mass is 32.2. The Morgan fingerprint density at radius 1 is 1.29 bits per heavy atom. The molecule has 21 heavy (non-hydrogen) atoms. The number of thioether (sulfide) groups is 1. The number of nitrogens with one attached hydrogen (secondary N) is 1. The van der Waals surface area contributed by atoms with Crippen molar-refractivity contribution in [2.75, 3.05) is 31.1 Å². The van der Waals surface area contributed by atoms with Gasteiger partial charge >= 0.3 is 0 Å². The van der Waals surface area contributed by atoms with Gasteiger partial charge in [-0.2, -0.15) is 0 Å². The van der Waals surface area contributed by atoms with Gasteiger partial charge in [-0.15, -0.1) is 11.8 Å². The zero-order chi connectivity index (χ0) is 15.1. The Morgan fingerprint density at radius 2 is 2.00 bits per heavy atom. The standard InChI is InChI=1S/C16H25N3OS/c1-2-3-9-18-10-4-11-19-15(20)12-21-16(19)13-5-7-14(17)8-6-13/h5-8,16,18H,2-4,9-12,17H2,1H3. The molecule has 1 amide bonds. The van der Waals surface area contributed by atoms with Crippen LogP contribution in [0, 0.1) is 0 Å². The fraction of sp³-hybridized carbons (Fsp3) is 0.562. The molecule has 1 aliphatic rings. The Labute approximate surface area is 131 Å². The van der Waals surface area contributed by atoms with E-state index in [-0.39, 0.29) is 11.3 Å². The van der Waals surface area contributed by atoms with Crippen molar-refractivity contribution >= 4 is 23.4 Å². The van der Waals surface area contributed by atoms with Gasteiger partial charge in [-0.25, -0.2) is 0 Å². The fourth-order valence-corrected chi connectivity index (χ4v) is 3.65. The van der Waals surface area contributed by atoms with Crippen LogP contribution in [0.5, 0.6) is 0 Å². The monoisotopic (exact) mass is 307 g/mol. The maximum atomic E-state index is 12.1. The lowest BCUT2D eigenvalue weighted by molar-refractivity contribution is -0.128. The molecule has 1 aromatic carbocycles. The average Bonchev–Trinajstić information content (AvgIpc) is 2.85. The van der Waals surface area contributed by atoms with Gasteiger partial charge in [0.2, 0.25) is 5.91 Å². The predicted molar refractivity (Wildman–Crippen MR) is 90.2 cm³/mol.